The SMILES string of the molecule is C=C(CN)COc1cccc(C)c1C. The van der Waals surface area contributed by atoms with E-state index >= 15 is 0 Å². The molecule has 14 heavy (non-hydrogen) atoms. The van der Waals surface area contributed by atoms with E-state index in [0.717, 1.165) is 11.3 Å². The molecule has 0 radical (unpaired) electrons. The third kappa shape index (κ3) is 2.60. The molecular weight excluding hydrogens is 174 g/mol. The predicted molar refractivity (Wildman–Crippen MR) is 59.6 cm³/mol. The molecular formula is C12H17NO. The topological polar surface area (TPSA) is 35.2 Å². The lowest BCUT2D eigenvalue weighted by Gasteiger charge is -2.11. The number of benzene rings is 1. The quantitative estimate of drug-likeness (QED) is 0.740. The van der Waals surface area contributed by atoms with Crippen LogP contribution in [0.25, 0.3) is 0 Å². The molecule has 0 saturated carbocycles. The summed E-state index contributed by atoms with van der Waals surface area (Å²) in [4.78, 5) is 0. The van der Waals surface area contributed by atoms with E-state index in [-0.39, 0.29) is 0 Å². The summed E-state index contributed by atoms with van der Waals surface area (Å²) in [6.07, 6.45) is 0. The van der Waals surface area contributed by atoms with Crippen molar-refractivity contribution in [3.8, 4) is 5.75 Å². The van der Waals surface area contributed by atoms with Crippen LogP contribution in [-0.4, -0.2) is 13.2 Å². The molecule has 2 N–H and O–H groups in total. The minimum atomic E-state index is 0.477. The second kappa shape index (κ2) is 4.82. The molecule has 1 aromatic carbocycles. The Bertz CT molecular complexity index is 331. The van der Waals surface area contributed by atoms with Crippen molar-refractivity contribution in [2.24, 2.45) is 5.73 Å². The zero-order valence-electron chi connectivity index (χ0n) is 8.84. The highest BCUT2D eigenvalue weighted by molar-refractivity contribution is 5.38. The highest BCUT2D eigenvalue weighted by Gasteiger charge is 2.01. The Morgan fingerprint density at radius 3 is 2.79 bits per heavy atom. The van der Waals surface area contributed by atoms with E-state index in [1.165, 1.54) is 11.1 Å². The van der Waals surface area contributed by atoms with Crippen LogP contribution in [-0.2, 0) is 0 Å². The molecule has 76 valence electrons. The maximum atomic E-state index is 5.59. The number of hydrogen-bond donors (Lipinski definition) is 1. The minimum absolute atomic E-state index is 0.477. The largest absolute Gasteiger partial charge is 0.489 e. The summed E-state index contributed by atoms with van der Waals surface area (Å²) in [7, 11) is 0. The van der Waals surface area contributed by atoms with E-state index in [1.807, 2.05) is 12.1 Å². The fourth-order valence-electron chi connectivity index (χ4n) is 1.12. The van der Waals surface area contributed by atoms with Gasteiger partial charge >= 0.3 is 0 Å². The Labute approximate surface area is 85.4 Å². The smallest absolute Gasteiger partial charge is 0.122 e. The molecule has 0 heterocycles. The molecule has 0 aliphatic rings. The van der Waals surface area contributed by atoms with Gasteiger partial charge in [0, 0.05) is 6.54 Å². The van der Waals surface area contributed by atoms with Crippen molar-refractivity contribution < 1.29 is 4.74 Å². The predicted octanol–water partition coefficient (Wildman–Crippen LogP) is 2.20. The fraction of sp³-hybridized carbons (Fsp3) is 0.333. The van der Waals surface area contributed by atoms with E-state index in [1.54, 1.807) is 0 Å². The number of hydrogen-bond acceptors (Lipinski definition) is 2. The number of aryl methyl sites for hydroxylation is 1. The maximum absolute atomic E-state index is 5.59. The van der Waals surface area contributed by atoms with Crippen LogP contribution >= 0.6 is 0 Å². The number of rotatable bonds is 4. The Kier molecular flexibility index (Phi) is 3.72. The fourth-order valence-corrected chi connectivity index (χ4v) is 1.12. The molecule has 0 spiro atoms. The van der Waals surface area contributed by atoms with Gasteiger partial charge in [-0.1, -0.05) is 18.7 Å². The van der Waals surface area contributed by atoms with E-state index in [4.69, 9.17) is 10.5 Å². The van der Waals surface area contributed by atoms with Crippen LogP contribution < -0.4 is 10.5 Å². The van der Waals surface area contributed by atoms with Crippen LogP contribution in [0.15, 0.2) is 30.4 Å². The summed E-state index contributed by atoms with van der Waals surface area (Å²) in [6.45, 7) is 8.89. The first-order chi connectivity index (χ1) is 6.65. The third-order valence-corrected chi connectivity index (χ3v) is 2.28. The lowest BCUT2D eigenvalue weighted by atomic mass is 10.1. The maximum Gasteiger partial charge on any atom is 0.122 e. The molecule has 2 nitrogen and oxygen atoms in total. The Hall–Kier alpha value is -1.28. The molecule has 1 aromatic rings. The van der Waals surface area contributed by atoms with Crippen LogP contribution in [0.2, 0.25) is 0 Å². The Balaban J connectivity index is 2.68. The highest BCUT2D eigenvalue weighted by Crippen LogP contribution is 2.20. The van der Waals surface area contributed by atoms with Crippen molar-refractivity contribution in [3.05, 3.63) is 41.5 Å². The summed E-state index contributed by atoms with van der Waals surface area (Å²) in [6, 6.07) is 6.02. The van der Waals surface area contributed by atoms with E-state index in [0.29, 0.717) is 13.2 Å². The Morgan fingerprint density at radius 2 is 2.14 bits per heavy atom. The molecule has 0 saturated heterocycles. The average molecular weight is 191 g/mol. The van der Waals surface area contributed by atoms with Gasteiger partial charge in [0.1, 0.15) is 12.4 Å². The summed E-state index contributed by atoms with van der Waals surface area (Å²) in [5, 5.41) is 0. The summed E-state index contributed by atoms with van der Waals surface area (Å²) in [5.41, 5.74) is 8.75. The molecule has 0 unspecified atom stereocenters. The molecule has 2 heteroatoms. The zero-order chi connectivity index (χ0) is 10.6. The summed E-state index contributed by atoms with van der Waals surface area (Å²) in [5.74, 6) is 0.916. The van der Waals surface area contributed by atoms with Crippen LogP contribution in [0.1, 0.15) is 11.1 Å². The second-order valence-corrected chi connectivity index (χ2v) is 3.44. The van der Waals surface area contributed by atoms with Gasteiger partial charge in [0.15, 0.2) is 0 Å². The first-order valence-corrected chi connectivity index (χ1v) is 4.71. The van der Waals surface area contributed by atoms with Crippen LogP contribution in [0.4, 0.5) is 0 Å². The number of ether oxygens (including phenoxy) is 1. The van der Waals surface area contributed by atoms with Crippen LogP contribution in [0.3, 0.4) is 0 Å². The van der Waals surface area contributed by atoms with Crippen molar-refractivity contribution in [2.75, 3.05) is 13.2 Å². The first kappa shape index (κ1) is 10.8. The molecule has 0 atom stereocenters. The highest BCUT2D eigenvalue weighted by atomic mass is 16.5. The van der Waals surface area contributed by atoms with Gasteiger partial charge in [0.25, 0.3) is 0 Å². The average Bonchev–Trinajstić information content (AvgIpc) is 2.20. The molecule has 0 fully saturated rings. The van der Waals surface area contributed by atoms with Crippen LogP contribution in [0.5, 0.6) is 5.75 Å². The van der Waals surface area contributed by atoms with Crippen molar-refractivity contribution in [1.82, 2.24) is 0 Å². The lowest BCUT2D eigenvalue weighted by Crippen LogP contribution is -2.10. The zero-order valence-corrected chi connectivity index (χ0v) is 8.84. The lowest BCUT2D eigenvalue weighted by molar-refractivity contribution is 0.348. The third-order valence-electron chi connectivity index (χ3n) is 2.28. The van der Waals surface area contributed by atoms with Gasteiger partial charge in [-0.3, -0.25) is 0 Å². The summed E-state index contributed by atoms with van der Waals surface area (Å²) >= 11 is 0. The normalized spacial score (nSPS) is 9.93. The van der Waals surface area contributed by atoms with Gasteiger partial charge in [-0.05, 0) is 36.6 Å². The molecule has 0 bridgehead atoms. The van der Waals surface area contributed by atoms with E-state index in [2.05, 4.69) is 26.5 Å². The monoisotopic (exact) mass is 191 g/mol. The molecule has 1 rings (SSSR count). The molecule has 0 aliphatic carbocycles. The van der Waals surface area contributed by atoms with Gasteiger partial charge < -0.3 is 10.5 Å². The van der Waals surface area contributed by atoms with Crippen molar-refractivity contribution in [2.45, 2.75) is 13.8 Å². The molecule has 0 aromatic heterocycles. The van der Waals surface area contributed by atoms with Gasteiger partial charge in [-0.2, -0.15) is 0 Å². The van der Waals surface area contributed by atoms with Crippen molar-refractivity contribution in [3.63, 3.8) is 0 Å². The van der Waals surface area contributed by atoms with E-state index < -0.39 is 0 Å². The molecule has 0 amide bonds. The van der Waals surface area contributed by atoms with Crippen molar-refractivity contribution >= 4 is 0 Å². The van der Waals surface area contributed by atoms with Crippen LogP contribution in [0, 0.1) is 13.8 Å². The second-order valence-electron chi connectivity index (χ2n) is 3.44. The minimum Gasteiger partial charge on any atom is -0.489 e. The molecule has 0 aliphatic heterocycles. The van der Waals surface area contributed by atoms with Crippen molar-refractivity contribution in [1.29, 1.82) is 0 Å². The van der Waals surface area contributed by atoms with Gasteiger partial charge in [-0.15, -0.1) is 0 Å². The number of nitrogens with two attached hydrogens (primary N) is 1. The summed E-state index contributed by atoms with van der Waals surface area (Å²) < 4.78 is 5.59. The van der Waals surface area contributed by atoms with E-state index in [9.17, 15) is 0 Å². The van der Waals surface area contributed by atoms with Gasteiger partial charge in [0.2, 0.25) is 0 Å². The van der Waals surface area contributed by atoms with Gasteiger partial charge in [-0.25, -0.2) is 0 Å². The standard InChI is InChI=1S/C12H17NO/c1-9(7-13)8-14-12-6-4-5-10(2)11(12)3/h4-6H,1,7-8,13H2,2-3H3. The Morgan fingerprint density at radius 1 is 1.43 bits per heavy atom. The first-order valence-electron chi connectivity index (χ1n) is 4.71. The van der Waals surface area contributed by atoms with Gasteiger partial charge in [0.05, 0.1) is 0 Å².